The van der Waals surface area contributed by atoms with Gasteiger partial charge in [-0.2, -0.15) is 0 Å². The van der Waals surface area contributed by atoms with Crippen LogP contribution >= 0.6 is 0 Å². The number of nitrogens with zero attached hydrogens (tertiary/aromatic N) is 1. The van der Waals surface area contributed by atoms with Gasteiger partial charge in [-0.05, 0) is 32.2 Å². The predicted molar refractivity (Wildman–Crippen MR) is 83.8 cm³/mol. The number of amides is 1. The monoisotopic (exact) mass is 327 g/mol. The van der Waals surface area contributed by atoms with E-state index in [4.69, 9.17) is 10.8 Å². The molecule has 0 saturated carbocycles. The number of carboxylic acid groups (broad SMARTS) is 2. The van der Waals surface area contributed by atoms with Crippen molar-refractivity contribution < 1.29 is 24.6 Å². The molecular weight excluding hydrogens is 302 g/mol. The topological polar surface area (TPSA) is 133 Å². The van der Waals surface area contributed by atoms with Gasteiger partial charge in [0.15, 0.2) is 0 Å². The number of carbonyl (C=O) groups is 3. The first kappa shape index (κ1) is 19.1. The molecular formula is C15H25N3O5. The molecule has 23 heavy (non-hydrogen) atoms. The van der Waals surface area contributed by atoms with Gasteiger partial charge in [-0.3, -0.25) is 14.9 Å². The maximum Gasteiger partial charge on any atom is 0.326 e. The number of aliphatic carboxylic acids is 2. The Balaban J connectivity index is 2.84. The van der Waals surface area contributed by atoms with E-state index in [0.29, 0.717) is 45.2 Å². The summed E-state index contributed by atoms with van der Waals surface area (Å²) in [5.74, 6) is -2.54. The third-order valence-electron chi connectivity index (χ3n) is 3.95. The van der Waals surface area contributed by atoms with E-state index < -0.39 is 30.1 Å². The van der Waals surface area contributed by atoms with Crippen LogP contribution in [0, 0.1) is 0 Å². The zero-order valence-electron chi connectivity index (χ0n) is 13.1. The average molecular weight is 327 g/mol. The van der Waals surface area contributed by atoms with E-state index in [1.54, 1.807) is 0 Å². The highest BCUT2D eigenvalue weighted by atomic mass is 16.4. The van der Waals surface area contributed by atoms with Crippen LogP contribution < -0.4 is 11.1 Å². The molecule has 0 aromatic rings. The van der Waals surface area contributed by atoms with Crippen LogP contribution in [-0.2, 0) is 14.4 Å². The molecule has 1 aliphatic rings. The van der Waals surface area contributed by atoms with Crippen molar-refractivity contribution in [1.29, 1.82) is 0 Å². The molecule has 0 bridgehead atoms. The molecule has 0 aromatic heterocycles. The number of hydrogen-bond donors (Lipinski definition) is 4. The molecule has 8 nitrogen and oxygen atoms in total. The summed E-state index contributed by atoms with van der Waals surface area (Å²) in [7, 11) is 0. The SMILES string of the molecule is C=CC(N[C@@H](CCCCN)C(=O)N1CCC[C@H]1C(=O)O)C(=O)O. The van der Waals surface area contributed by atoms with Gasteiger partial charge in [0.25, 0.3) is 0 Å². The Labute approximate surface area is 135 Å². The molecule has 1 unspecified atom stereocenters. The molecule has 1 fully saturated rings. The van der Waals surface area contributed by atoms with Crippen molar-refractivity contribution in [2.75, 3.05) is 13.1 Å². The van der Waals surface area contributed by atoms with Crippen LogP contribution in [0.1, 0.15) is 32.1 Å². The summed E-state index contributed by atoms with van der Waals surface area (Å²) in [5, 5.41) is 21.1. The van der Waals surface area contributed by atoms with Crippen molar-refractivity contribution in [1.82, 2.24) is 10.2 Å². The van der Waals surface area contributed by atoms with E-state index in [1.165, 1.54) is 11.0 Å². The lowest BCUT2D eigenvalue weighted by molar-refractivity contribution is -0.149. The van der Waals surface area contributed by atoms with E-state index in [1.807, 2.05) is 0 Å². The Bertz CT molecular complexity index is 454. The highest BCUT2D eigenvalue weighted by Crippen LogP contribution is 2.20. The smallest absolute Gasteiger partial charge is 0.326 e. The van der Waals surface area contributed by atoms with Crippen molar-refractivity contribution in [3.8, 4) is 0 Å². The zero-order chi connectivity index (χ0) is 17.4. The Morgan fingerprint density at radius 2 is 2.04 bits per heavy atom. The number of nitrogens with two attached hydrogens (primary N) is 1. The number of carbonyl (C=O) groups excluding carboxylic acids is 1. The van der Waals surface area contributed by atoms with Crippen molar-refractivity contribution in [2.24, 2.45) is 5.73 Å². The Morgan fingerprint density at radius 1 is 1.35 bits per heavy atom. The fraction of sp³-hybridized carbons (Fsp3) is 0.667. The van der Waals surface area contributed by atoms with E-state index in [0.717, 1.165) is 0 Å². The molecule has 1 rings (SSSR count). The second-order valence-electron chi connectivity index (χ2n) is 5.58. The molecule has 0 spiro atoms. The summed E-state index contributed by atoms with van der Waals surface area (Å²) in [6.07, 6.45) is 4.01. The minimum absolute atomic E-state index is 0.372. The second-order valence-corrected chi connectivity index (χ2v) is 5.58. The standard InChI is InChI=1S/C15H25N3O5/c1-2-10(14(20)21)17-11(6-3-4-8-16)13(19)18-9-5-7-12(18)15(22)23/h2,10-12,17H,1,3-9,16H2,(H,20,21)(H,22,23)/t10?,11-,12-/m0/s1. The molecule has 3 atom stereocenters. The van der Waals surface area contributed by atoms with Gasteiger partial charge in [0.05, 0.1) is 6.04 Å². The van der Waals surface area contributed by atoms with Crippen molar-refractivity contribution in [3.63, 3.8) is 0 Å². The molecule has 8 heteroatoms. The Morgan fingerprint density at radius 3 is 2.57 bits per heavy atom. The second kappa shape index (κ2) is 9.26. The lowest BCUT2D eigenvalue weighted by Gasteiger charge is -2.28. The molecule has 1 saturated heterocycles. The minimum Gasteiger partial charge on any atom is -0.480 e. The third-order valence-corrected chi connectivity index (χ3v) is 3.95. The van der Waals surface area contributed by atoms with E-state index in [-0.39, 0.29) is 5.91 Å². The van der Waals surface area contributed by atoms with Gasteiger partial charge in [-0.15, -0.1) is 6.58 Å². The first-order valence-corrected chi connectivity index (χ1v) is 7.77. The summed E-state index contributed by atoms with van der Waals surface area (Å²) in [6, 6.07) is -2.67. The van der Waals surface area contributed by atoms with Crippen LogP contribution in [0.25, 0.3) is 0 Å². The fourth-order valence-electron chi connectivity index (χ4n) is 2.72. The van der Waals surface area contributed by atoms with Gasteiger partial charge < -0.3 is 20.8 Å². The molecule has 0 aliphatic carbocycles. The van der Waals surface area contributed by atoms with Gasteiger partial charge in [0.1, 0.15) is 12.1 Å². The number of unbranched alkanes of at least 4 members (excludes halogenated alkanes) is 1. The number of rotatable bonds is 10. The molecule has 5 N–H and O–H groups in total. The van der Waals surface area contributed by atoms with Crippen LogP contribution in [0.3, 0.4) is 0 Å². The maximum absolute atomic E-state index is 12.7. The molecule has 0 aromatic carbocycles. The Hall–Kier alpha value is -1.93. The highest BCUT2D eigenvalue weighted by molar-refractivity contribution is 5.88. The van der Waals surface area contributed by atoms with Crippen molar-refractivity contribution in [3.05, 3.63) is 12.7 Å². The summed E-state index contributed by atoms with van der Waals surface area (Å²) >= 11 is 0. The lowest BCUT2D eigenvalue weighted by atomic mass is 10.1. The molecule has 1 aliphatic heterocycles. The van der Waals surface area contributed by atoms with Crippen molar-refractivity contribution in [2.45, 2.75) is 50.2 Å². The number of nitrogens with one attached hydrogen (secondary N) is 1. The van der Waals surface area contributed by atoms with Crippen LogP contribution in [0.4, 0.5) is 0 Å². The first-order chi connectivity index (χ1) is 10.9. The van der Waals surface area contributed by atoms with Crippen LogP contribution in [0.15, 0.2) is 12.7 Å². The summed E-state index contributed by atoms with van der Waals surface area (Å²) in [5.41, 5.74) is 5.45. The first-order valence-electron chi connectivity index (χ1n) is 7.77. The molecule has 0 radical (unpaired) electrons. The van der Waals surface area contributed by atoms with E-state index in [9.17, 15) is 19.5 Å². The minimum atomic E-state index is -1.13. The number of likely N-dealkylation sites (tertiary alicyclic amines) is 1. The normalized spacial score (nSPS) is 20.0. The highest BCUT2D eigenvalue weighted by Gasteiger charge is 2.37. The van der Waals surface area contributed by atoms with Gasteiger partial charge in [-0.1, -0.05) is 12.5 Å². The largest absolute Gasteiger partial charge is 0.480 e. The van der Waals surface area contributed by atoms with E-state index >= 15 is 0 Å². The van der Waals surface area contributed by atoms with Crippen LogP contribution in [0.2, 0.25) is 0 Å². The summed E-state index contributed by atoms with van der Waals surface area (Å²) in [6.45, 7) is 4.30. The van der Waals surface area contributed by atoms with Gasteiger partial charge >= 0.3 is 11.9 Å². The summed E-state index contributed by atoms with van der Waals surface area (Å²) in [4.78, 5) is 36.4. The lowest BCUT2D eigenvalue weighted by Crippen LogP contribution is -2.53. The summed E-state index contributed by atoms with van der Waals surface area (Å²) < 4.78 is 0. The average Bonchev–Trinajstić information content (AvgIpc) is 2.99. The predicted octanol–water partition coefficient (Wildman–Crippen LogP) is -0.212. The van der Waals surface area contributed by atoms with Crippen LogP contribution in [-0.4, -0.2) is 64.2 Å². The quantitative estimate of drug-likeness (QED) is 0.322. The van der Waals surface area contributed by atoms with Crippen molar-refractivity contribution >= 4 is 17.8 Å². The van der Waals surface area contributed by atoms with Gasteiger partial charge in [-0.25, -0.2) is 4.79 Å². The molecule has 1 amide bonds. The fourth-order valence-corrected chi connectivity index (χ4v) is 2.72. The molecule has 130 valence electrons. The zero-order valence-corrected chi connectivity index (χ0v) is 13.1. The Kier molecular flexibility index (Phi) is 7.70. The van der Waals surface area contributed by atoms with Gasteiger partial charge in [0.2, 0.25) is 5.91 Å². The number of hydrogen-bond acceptors (Lipinski definition) is 5. The number of carboxylic acids is 2. The maximum atomic E-state index is 12.7. The van der Waals surface area contributed by atoms with E-state index in [2.05, 4.69) is 11.9 Å². The van der Waals surface area contributed by atoms with Crippen LogP contribution in [0.5, 0.6) is 0 Å². The van der Waals surface area contributed by atoms with Gasteiger partial charge in [0, 0.05) is 6.54 Å². The molecule has 1 heterocycles. The third kappa shape index (κ3) is 5.33.